The lowest BCUT2D eigenvalue weighted by Crippen LogP contribution is -2.52. The number of hydrogen-bond donors (Lipinski definition) is 1. The van der Waals surface area contributed by atoms with Gasteiger partial charge in [0.25, 0.3) is 0 Å². The van der Waals surface area contributed by atoms with Gasteiger partial charge >= 0.3 is 0 Å². The molecule has 1 aliphatic heterocycles. The Morgan fingerprint density at radius 3 is 2.25 bits per heavy atom. The van der Waals surface area contributed by atoms with Gasteiger partial charge in [-0.1, -0.05) is 54.1 Å². The minimum absolute atomic E-state index is 0.00842. The summed E-state index contributed by atoms with van der Waals surface area (Å²) in [6, 6.07) is 21.5. The number of rotatable bonds is 8. The third kappa shape index (κ3) is 5.66. The number of piperazine rings is 1. The summed E-state index contributed by atoms with van der Waals surface area (Å²) < 4.78 is 29.0. The molecular formula is C25H31N3O2S2. The van der Waals surface area contributed by atoms with Gasteiger partial charge in [0.1, 0.15) is 0 Å². The highest BCUT2D eigenvalue weighted by Crippen LogP contribution is 2.30. The average Bonchev–Trinajstić information content (AvgIpc) is 3.30. The predicted molar refractivity (Wildman–Crippen MR) is 131 cm³/mol. The maximum absolute atomic E-state index is 13.0. The monoisotopic (exact) mass is 469 g/mol. The first-order chi connectivity index (χ1) is 15.4. The van der Waals surface area contributed by atoms with Crippen molar-refractivity contribution in [3.8, 4) is 0 Å². The Kier molecular flexibility index (Phi) is 7.43. The molecule has 1 N–H and O–H groups in total. The SMILES string of the molecule is Cc1ccc(S(=O)(=O)N[C@@H](C)[C@@H](c2cccs2)N2CCN(Cc3ccccc3)CC2)cc1. The van der Waals surface area contributed by atoms with Crippen LogP contribution in [0.2, 0.25) is 0 Å². The zero-order chi connectivity index (χ0) is 22.6. The minimum atomic E-state index is -3.58. The van der Waals surface area contributed by atoms with E-state index < -0.39 is 10.0 Å². The van der Waals surface area contributed by atoms with E-state index in [-0.39, 0.29) is 12.1 Å². The van der Waals surface area contributed by atoms with Gasteiger partial charge in [-0.05, 0) is 43.0 Å². The number of hydrogen-bond acceptors (Lipinski definition) is 5. The van der Waals surface area contributed by atoms with Crippen molar-refractivity contribution in [3.63, 3.8) is 0 Å². The number of aryl methyl sites for hydroxylation is 1. The summed E-state index contributed by atoms with van der Waals surface area (Å²) in [5, 5.41) is 2.06. The van der Waals surface area contributed by atoms with Crippen LogP contribution >= 0.6 is 11.3 Å². The van der Waals surface area contributed by atoms with E-state index in [1.54, 1.807) is 23.5 Å². The molecule has 1 saturated heterocycles. The lowest BCUT2D eigenvalue weighted by molar-refractivity contribution is 0.0819. The first-order valence-corrected chi connectivity index (χ1v) is 13.4. The molecule has 0 aliphatic carbocycles. The maximum atomic E-state index is 13.0. The van der Waals surface area contributed by atoms with Crippen LogP contribution < -0.4 is 4.72 Å². The van der Waals surface area contributed by atoms with E-state index in [2.05, 4.69) is 50.2 Å². The molecule has 5 nitrogen and oxygen atoms in total. The normalized spacial score (nSPS) is 17.8. The molecule has 32 heavy (non-hydrogen) atoms. The second-order valence-electron chi connectivity index (χ2n) is 8.48. The summed E-state index contributed by atoms with van der Waals surface area (Å²) in [7, 11) is -3.58. The van der Waals surface area contributed by atoms with E-state index in [9.17, 15) is 8.42 Å². The highest BCUT2D eigenvalue weighted by atomic mass is 32.2. The van der Waals surface area contributed by atoms with Crippen molar-refractivity contribution >= 4 is 21.4 Å². The van der Waals surface area contributed by atoms with Crippen molar-refractivity contribution in [2.24, 2.45) is 0 Å². The molecule has 1 fully saturated rings. The zero-order valence-corrected chi connectivity index (χ0v) is 20.3. The quantitative estimate of drug-likeness (QED) is 0.535. The molecule has 2 atom stereocenters. The Balaban J connectivity index is 1.45. The number of sulfonamides is 1. The molecule has 0 radical (unpaired) electrons. The summed E-state index contributed by atoms with van der Waals surface area (Å²) in [4.78, 5) is 6.40. The van der Waals surface area contributed by atoms with E-state index in [1.165, 1.54) is 10.4 Å². The highest BCUT2D eigenvalue weighted by Gasteiger charge is 2.32. The molecule has 1 aliphatic rings. The third-order valence-corrected chi connectivity index (χ3v) is 8.55. The van der Waals surface area contributed by atoms with Gasteiger partial charge in [0.05, 0.1) is 10.9 Å². The molecule has 0 amide bonds. The Morgan fingerprint density at radius 2 is 1.62 bits per heavy atom. The average molecular weight is 470 g/mol. The fourth-order valence-electron chi connectivity index (χ4n) is 4.34. The molecule has 170 valence electrons. The molecule has 1 aromatic heterocycles. The molecule has 2 heterocycles. The Labute approximate surface area is 195 Å². The molecule has 2 aromatic carbocycles. The van der Waals surface area contributed by atoms with Gasteiger partial charge in [0, 0.05) is 43.6 Å². The van der Waals surface area contributed by atoms with E-state index in [1.807, 2.05) is 38.1 Å². The number of nitrogens with zero attached hydrogens (tertiary/aromatic N) is 2. The van der Waals surface area contributed by atoms with Gasteiger partial charge in [-0.3, -0.25) is 9.80 Å². The Morgan fingerprint density at radius 1 is 0.938 bits per heavy atom. The first kappa shape index (κ1) is 23.1. The Hall–Kier alpha value is -2.03. The van der Waals surface area contributed by atoms with Crippen LogP contribution in [0.25, 0.3) is 0 Å². The standard InChI is InChI=1S/C25H31N3O2S2/c1-20-10-12-23(13-11-20)32(29,30)26-21(2)25(24-9-6-18-31-24)28-16-14-27(15-17-28)19-22-7-4-3-5-8-22/h3-13,18,21,25-26H,14-17,19H2,1-2H3/t21-,25-/m0/s1. The topological polar surface area (TPSA) is 52.7 Å². The van der Waals surface area contributed by atoms with E-state index in [4.69, 9.17) is 0 Å². The van der Waals surface area contributed by atoms with Crippen LogP contribution in [0.15, 0.2) is 77.0 Å². The summed E-state index contributed by atoms with van der Waals surface area (Å²) >= 11 is 1.69. The molecule has 0 bridgehead atoms. The smallest absolute Gasteiger partial charge is 0.240 e. The van der Waals surface area contributed by atoms with Crippen molar-refractivity contribution in [3.05, 3.63) is 88.1 Å². The maximum Gasteiger partial charge on any atom is 0.240 e. The van der Waals surface area contributed by atoms with Crippen LogP contribution in [0.1, 0.15) is 29.0 Å². The molecular weight excluding hydrogens is 438 g/mol. The lowest BCUT2D eigenvalue weighted by atomic mass is 10.1. The van der Waals surface area contributed by atoms with E-state index in [0.29, 0.717) is 4.90 Å². The summed E-state index contributed by atoms with van der Waals surface area (Å²) in [6.45, 7) is 8.64. The largest absolute Gasteiger partial charge is 0.297 e. The molecule has 4 rings (SSSR count). The van der Waals surface area contributed by atoms with Crippen LogP contribution in [0.5, 0.6) is 0 Å². The van der Waals surface area contributed by atoms with Crippen LogP contribution in [-0.2, 0) is 16.6 Å². The van der Waals surface area contributed by atoms with Gasteiger partial charge < -0.3 is 0 Å². The Bertz CT molecular complexity index is 1080. The second kappa shape index (κ2) is 10.3. The number of thiophene rings is 1. The number of nitrogens with one attached hydrogen (secondary N) is 1. The fraction of sp³-hybridized carbons (Fsp3) is 0.360. The molecule has 0 spiro atoms. The second-order valence-corrected chi connectivity index (χ2v) is 11.2. The number of benzene rings is 2. The highest BCUT2D eigenvalue weighted by molar-refractivity contribution is 7.89. The fourth-order valence-corrected chi connectivity index (χ4v) is 6.55. The molecule has 7 heteroatoms. The molecule has 0 unspecified atom stereocenters. The van der Waals surface area contributed by atoms with Crippen molar-refractivity contribution in [1.29, 1.82) is 0 Å². The van der Waals surface area contributed by atoms with E-state index >= 15 is 0 Å². The van der Waals surface area contributed by atoms with Crippen LogP contribution in [0.3, 0.4) is 0 Å². The van der Waals surface area contributed by atoms with Gasteiger partial charge in [-0.15, -0.1) is 11.3 Å². The van der Waals surface area contributed by atoms with E-state index in [0.717, 1.165) is 38.3 Å². The first-order valence-electron chi connectivity index (χ1n) is 11.0. The van der Waals surface area contributed by atoms with Crippen molar-refractivity contribution in [2.45, 2.75) is 37.4 Å². The van der Waals surface area contributed by atoms with Crippen LogP contribution in [-0.4, -0.2) is 50.4 Å². The third-order valence-electron chi connectivity index (χ3n) is 6.03. The van der Waals surface area contributed by atoms with Crippen LogP contribution in [0, 0.1) is 6.92 Å². The molecule has 3 aromatic rings. The summed E-state index contributed by atoms with van der Waals surface area (Å²) in [5.41, 5.74) is 2.37. The van der Waals surface area contributed by atoms with Gasteiger partial charge in [-0.2, -0.15) is 0 Å². The predicted octanol–water partition coefficient (Wildman–Crippen LogP) is 4.28. The van der Waals surface area contributed by atoms with Crippen molar-refractivity contribution in [1.82, 2.24) is 14.5 Å². The summed E-state index contributed by atoms with van der Waals surface area (Å²) in [5.74, 6) is 0. The zero-order valence-electron chi connectivity index (χ0n) is 18.6. The van der Waals surface area contributed by atoms with Crippen molar-refractivity contribution < 1.29 is 8.42 Å². The molecule has 0 saturated carbocycles. The van der Waals surface area contributed by atoms with Gasteiger partial charge in [0.15, 0.2) is 0 Å². The summed E-state index contributed by atoms with van der Waals surface area (Å²) in [6.07, 6.45) is 0. The van der Waals surface area contributed by atoms with Gasteiger partial charge in [0.2, 0.25) is 10.0 Å². The minimum Gasteiger partial charge on any atom is -0.297 e. The lowest BCUT2D eigenvalue weighted by Gasteiger charge is -2.41. The van der Waals surface area contributed by atoms with Crippen molar-refractivity contribution in [2.75, 3.05) is 26.2 Å². The van der Waals surface area contributed by atoms with Gasteiger partial charge in [-0.25, -0.2) is 13.1 Å². The van der Waals surface area contributed by atoms with Crippen LogP contribution in [0.4, 0.5) is 0 Å².